The Balaban J connectivity index is 1.67. The van der Waals surface area contributed by atoms with Crippen molar-refractivity contribution in [3.63, 3.8) is 0 Å². The van der Waals surface area contributed by atoms with E-state index >= 15 is 0 Å². The second-order valence-corrected chi connectivity index (χ2v) is 7.03. The van der Waals surface area contributed by atoms with E-state index in [1.165, 1.54) is 12.8 Å². The van der Waals surface area contributed by atoms with Crippen LogP contribution in [0.15, 0.2) is 4.47 Å². The maximum Gasteiger partial charge on any atom is 0.273 e. The van der Waals surface area contributed by atoms with Crippen molar-refractivity contribution in [2.75, 3.05) is 0 Å². The molecule has 2 bridgehead atoms. The number of carbonyl (C=O) groups is 1. The summed E-state index contributed by atoms with van der Waals surface area (Å²) in [5.74, 6) is 0.236. The van der Waals surface area contributed by atoms with E-state index < -0.39 is 0 Å². The van der Waals surface area contributed by atoms with Crippen LogP contribution in [0.5, 0.6) is 0 Å². The summed E-state index contributed by atoms with van der Waals surface area (Å²) >= 11 is 3.49. The number of fused-ring (bicyclic) bond motifs is 2. The summed E-state index contributed by atoms with van der Waals surface area (Å²) in [6.45, 7) is 4.15. The Morgan fingerprint density at radius 1 is 1.35 bits per heavy atom. The van der Waals surface area contributed by atoms with Gasteiger partial charge in [-0.15, -0.1) is 0 Å². The number of hydrogen-bond donors (Lipinski definition) is 3. The fraction of sp³-hybridized carbons (Fsp3) is 0.714. The molecule has 0 radical (unpaired) electrons. The minimum absolute atomic E-state index is 0.0775. The minimum Gasteiger partial charge on any atom is -0.348 e. The van der Waals surface area contributed by atoms with Crippen molar-refractivity contribution in [2.24, 2.45) is 0 Å². The zero-order chi connectivity index (χ0) is 14.3. The van der Waals surface area contributed by atoms with E-state index in [4.69, 9.17) is 0 Å². The van der Waals surface area contributed by atoms with Crippen molar-refractivity contribution in [3.05, 3.63) is 15.9 Å². The molecule has 2 atom stereocenters. The molecule has 0 saturated carbocycles. The third-order valence-corrected chi connectivity index (χ3v) is 5.14. The number of aromatic nitrogens is 2. The van der Waals surface area contributed by atoms with Crippen LogP contribution in [0.25, 0.3) is 0 Å². The molecule has 2 fully saturated rings. The molecule has 20 heavy (non-hydrogen) atoms. The lowest BCUT2D eigenvalue weighted by atomic mass is 9.99. The number of nitrogens with zero attached hydrogens (tertiary/aromatic N) is 1. The topological polar surface area (TPSA) is 69.8 Å². The highest BCUT2D eigenvalue weighted by atomic mass is 79.9. The van der Waals surface area contributed by atoms with E-state index in [1.807, 2.05) is 0 Å². The molecule has 1 aromatic heterocycles. The van der Waals surface area contributed by atoms with Crippen molar-refractivity contribution in [2.45, 2.75) is 63.6 Å². The summed E-state index contributed by atoms with van der Waals surface area (Å²) in [5, 5.41) is 13.8. The summed E-state index contributed by atoms with van der Waals surface area (Å²) in [6, 6.07) is 1.42. The van der Waals surface area contributed by atoms with Gasteiger partial charge in [0.15, 0.2) is 5.69 Å². The normalized spacial score (nSPS) is 28.9. The van der Waals surface area contributed by atoms with Gasteiger partial charge in [-0.25, -0.2) is 0 Å². The van der Waals surface area contributed by atoms with E-state index in [0.717, 1.165) is 23.0 Å². The van der Waals surface area contributed by atoms with Crippen LogP contribution in [0.1, 0.15) is 61.6 Å². The first-order valence-electron chi connectivity index (χ1n) is 7.35. The van der Waals surface area contributed by atoms with E-state index in [9.17, 15) is 4.79 Å². The zero-order valence-corrected chi connectivity index (χ0v) is 13.5. The third kappa shape index (κ3) is 2.63. The van der Waals surface area contributed by atoms with Crippen LogP contribution < -0.4 is 10.6 Å². The predicted octanol–water partition coefficient (Wildman–Crippen LogP) is 2.31. The van der Waals surface area contributed by atoms with Crippen LogP contribution in [-0.4, -0.2) is 34.2 Å². The molecule has 110 valence electrons. The maximum atomic E-state index is 12.4. The predicted molar refractivity (Wildman–Crippen MR) is 80.8 cm³/mol. The summed E-state index contributed by atoms with van der Waals surface area (Å²) in [5.41, 5.74) is 1.44. The lowest BCUT2D eigenvalue weighted by Gasteiger charge is -2.29. The first kappa shape index (κ1) is 14.1. The van der Waals surface area contributed by atoms with Gasteiger partial charge in [-0.05, 0) is 47.5 Å². The van der Waals surface area contributed by atoms with Gasteiger partial charge in [-0.3, -0.25) is 9.89 Å². The Bertz CT molecular complexity index is 501. The van der Waals surface area contributed by atoms with Gasteiger partial charge in [0.2, 0.25) is 0 Å². The standard InChI is InChI=1S/C14H21BrN4O/c1-7(2)12-11(15)13(19-18-12)14(20)17-10-5-8-3-4-9(6-10)16-8/h7-10,16H,3-6H2,1-2H3,(H,17,20)(H,18,19). The smallest absolute Gasteiger partial charge is 0.273 e. The average Bonchev–Trinajstić information content (AvgIpc) is 2.92. The van der Waals surface area contributed by atoms with Gasteiger partial charge in [0.25, 0.3) is 5.91 Å². The molecule has 2 aliphatic heterocycles. The van der Waals surface area contributed by atoms with Gasteiger partial charge in [0, 0.05) is 18.1 Å². The third-order valence-electron chi connectivity index (χ3n) is 4.33. The van der Waals surface area contributed by atoms with Crippen molar-refractivity contribution in [3.8, 4) is 0 Å². The van der Waals surface area contributed by atoms with Gasteiger partial charge in [0.1, 0.15) is 0 Å². The van der Waals surface area contributed by atoms with Crippen molar-refractivity contribution < 1.29 is 4.79 Å². The van der Waals surface area contributed by atoms with Gasteiger partial charge >= 0.3 is 0 Å². The lowest BCUT2D eigenvalue weighted by molar-refractivity contribution is 0.0918. The summed E-state index contributed by atoms with van der Waals surface area (Å²) in [7, 11) is 0. The van der Waals surface area contributed by atoms with Crippen LogP contribution in [0.2, 0.25) is 0 Å². The molecule has 3 rings (SSSR count). The van der Waals surface area contributed by atoms with Crippen LogP contribution in [-0.2, 0) is 0 Å². The molecule has 2 unspecified atom stereocenters. The van der Waals surface area contributed by atoms with Crippen molar-refractivity contribution in [1.29, 1.82) is 0 Å². The van der Waals surface area contributed by atoms with E-state index in [2.05, 4.69) is 50.6 Å². The molecule has 2 saturated heterocycles. The van der Waals surface area contributed by atoms with Crippen LogP contribution in [0.4, 0.5) is 0 Å². The molecular formula is C14H21BrN4O. The fourth-order valence-corrected chi connectivity index (χ4v) is 4.12. The minimum atomic E-state index is -0.0775. The molecule has 3 heterocycles. The molecule has 0 spiro atoms. The summed E-state index contributed by atoms with van der Waals surface area (Å²) in [6.07, 6.45) is 4.53. The number of aromatic amines is 1. The highest BCUT2D eigenvalue weighted by Gasteiger charge is 2.34. The molecule has 0 aromatic carbocycles. The first-order chi connectivity index (χ1) is 9.54. The average molecular weight is 341 g/mol. The lowest BCUT2D eigenvalue weighted by Crippen LogP contribution is -2.48. The number of halogens is 1. The fourth-order valence-electron chi connectivity index (χ4n) is 3.30. The maximum absolute atomic E-state index is 12.4. The Labute approximate surface area is 127 Å². The number of rotatable bonds is 3. The molecular weight excluding hydrogens is 320 g/mol. The number of hydrogen-bond acceptors (Lipinski definition) is 3. The van der Waals surface area contributed by atoms with E-state index in [0.29, 0.717) is 23.7 Å². The Hall–Kier alpha value is -0.880. The number of nitrogens with one attached hydrogen (secondary N) is 3. The van der Waals surface area contributed by atoms with Crippen LogP contribution >= 0.6 is 15.9 Å². The number of carbonyl (C=O) groups excluding carboxylic acids is 1. The van der Waals surface area contributed by atoms with Crippen molar-refractivity contribution >= 4 is 21.8 Å². The quantitative estimate of drug-likeness (QED) is 0.790. The Morgan fingerprint density at radius 2 is 2.00 bits per heavy atom. The van der Waals surface area contributed by atoms with E-state index in [1.54, 1.807) is 0 Å². The Kier molecular flexibility index (Phi) is 3.86. The Morgan fingerprint density at radius 3 is 2.55 bits per heavy atom. The SMILES string of the molecule is CC(C)c1[nH]nc(C(=O)NC2CC3CCC(C2)N3)c1Br. The van der Waals surface area contributed by atoms with Crippen LogP contribution in [0, 0.1) is 0 Å². The zero-order valence-electron chi connectivity index (χ0n) is 11.9. The van der Waals surface area contributed by atoms with Gasteiger partial charge < -0.3 is 10.6 Å². The van der Waals surface area contributed by atoms with Gasteiger partial charge in [0.05, 0.1) is 10.2 Å². The number of piperidine rings is 1. The van der Waals surface area contributed by atoms with Crippen LogP contribution in [0.3, 0.4) is 0 Å². The second-order valence-electron chi connectivity index (χ2n) is 6.23. The van der Waals surface area contributed by atoms with E-state index in [-0.39, 0.29) is 11.9 Å². The highest BCUT2D eigenvalue weighted by molar-refractivity contribution is 9.10. The van der Waals surface area contributed by atoms with Gasteiger partial charge in [-0.2, -0.15) is 5.10 Å². The second kappa shape index (κ2) is 5.48. The molecule has 5 nitrogen and oxygen atoms in total. The molecule has 6 heteroatoms. The number of amides is 1. The molecule has 3 N–H and O–H groups in total. The molecule has 0 aliphatic carbocycles. The molecule has 1 amide bonds. The largest absolute Gasteiger partial charge is 0.348 e. The van der Waals surface area contributed by atoms with Gasteiger partial charge in [-0.1, -0.05) is 13.8 Å². The summed E-state index contributed by atoms with van der Waals surface area (Å²) < 4.78 is 0.793. The number of H-pyrrole nitrogens is 1. The molecule has 1 aromatic rings. The molecule has 2 aliphatic rings. The van der Waals surface area contributed by atoms with Crippen molar-refractivity contribution in [1.82, 2.24) is 20.8 Å². The highest BCUT2D eigenvalue weighted by Crippen LogP contribution is 2.28. The monoisotopic (exact) mass is 340 g/mol. The first-order valence-corrected chi connectivity index (χ1v) is 8.14. The summed E-state index contributed by atoms with van der Waals surface area (Å²) in [4.78, 5) is 12.4.